The van der Waals surface area contributed by atoms with Crippen molar-refractivity contribution in [2.75, 3.05) is 13.6 Å². The number of aromatic nitrogens is 1. The summed E-state index contributed by atoms with van der Waals surface area (Å²) in [6, 6.07) is 5.33. The molecule has 0 unspecified atom stereocenters. The van der Waals surface area contributed by atoms with Gasteiger partial charge in [-0.3, -0.25) is 0 Å². The first-order valence-corrected chi connectivity index (χ1v) is 5.04. The van der Waals surface area contributed by atoms with E-state index in [2.05, 4.69) is 10.5 Å². The summed E-state index contributed by atoms with van der Waals surface area (Å²) in [7, 11) is 1.92. The number of phenols is 1. The summed E-state index contributed by atoms with van der Waals surface area (Å²) in [5, 5.41) is 17.4. The van der Waals surface area contributed by atoms with Crippen LogP contribution in [0.2, 0.25) is 0 Å². The first-order valence-electron chi connectivity index (χ1n) is 5.04. The average Bonchev–Trinajstić information content (AvgIpc) is 2.64. The third-order valence-electron chi connectivity index (χ3n) is 2.39. The van der Waals surface area contributed by atoms with Crippen molar-refractivity contribution >= 4 is 10.9 Å². The fourth-order valence-corrected chi connectivity index (χ4v) is 1.61. The fraction of sp³-hybridized carbons (Fsp3) is 0.364. The van der Waals surface area contributed by atoms with Crippen LogP contribution in [-0.4, -0.2) is 23.9 Å². The van der Waals surface area contributed by atoms with E-state index in [4.69, 9.17) is 4.52 Å². The van der Waals surface area contributed by atoms with Crippen LogP contribution < -0.4 is 5.32 Å². The molecule has 0 bridgehead atoms. The van der Waals surface area contributed by atoms with Crippen LogP contribution in [0.1, 0.15) is 12.2 Å². The Hall–Kier alpha value is -1.55. The number of benzene rings is 1. The zero-order chi connectivity index (χ0) is 10.7. The van der Waals surface area contributed by atoms with Gasteiger partial charge in [0, 0.05) is 11.8 Å². The second-order valence-electron chi connectivity index (χ2n) is 3.49. The molecule has 80 valence electrons. The Labute approximate surface area is 87.9 Å². The van der Waals surface area contributed by atoms with Gasteiger partial charge in [-0.1, -0.05) is 11.2 Å². The van der Waals surface area contributed by atoms with E-state index in [9.17, 15) is 5.11 Å². The molecule has 0 fully saturated rings. The van der Waals surface area contributed by atoms with Gasteiger partial charge >= 0.3 is 0 Å². The molecular weight excluding hydrogens is 192 g/mol. The standard InChI is InChI=1S/C11H14N2O2/c1-12-7-3-6-10-8-4-2-5-9(14)11(8)13-15-10/h2,4-5,12,14H,3,6-7H2,1H3. The Bertz CT molecular complexity index is 451. The van der Waals surface area contributed by atoms with E-state index < -0.39 is 0 Å². The lowest BCUT2D eigenvalue weighted by Crippen LogP contribution is -2.08. The lowest BCUT2D eigenvalue weighted by atomic mass is 10.1. The highest BCUT2D eigenvalue weighted by Crippen LogP contribution is 2.26. The van der Waals surface area contributed by atoms with E-state index in [1.54, 1.807) is 12.1 Å². The van der Waals surface area contributed by atoms with Crippen LogP contribution in [0, 0.1) is 0 Å². The third-order valence-corrected chi connectivity index (χ3v) is 2.39. The van der Waals surface area contributed by atoms with Gasteiger partial charge in [-0.25, -0.2) is 0 Å². The van der Waals surface area contributed by atoms with Crippen molar-refractivity contribution in [2.45, 2.75) is 12.8 Å². The minimum Gasteiger partial charge on any atom is -0.506 e. The summed E-state index contributed by atoms with van der Waals surface area (Å²) in [6.07, 6.45) is 1.83. The van der Waals surface area contributed by atoms with Crippen molar-refractivity contribution in [3.05, 3.63) is 24.0 Å². The lowest BCUT2D eigenvalue weighted by Gasteiger charge is -1.96. The summed E-state index contributed by atoms with van der Waals surface area (Å²) in [5.41, 5.74) is 0.553. The van der Waals surface area contributed by atoms with Crippen LogP contribution in [0.3, 0.4) is 0 Å². The van der Waals surface area contributed by atoms with Crippen molar-refractivity contribution in [3.8, 4) is 5.75 Å². The highest BCUT2D eigenvalue weighted by molar-refractivity contribution is 5.85. The molecule has 0 amide bonds. The maximum Gasteiger partial charge on any atom is 0.155 e. The van der Waals surface area contributed by atoms with E-state index in [0.29, 0.717) is 5.52 Å². The molecule has 0 saturated heterocycles. The van der Waals surface area contributed by atoms with Gasteiger partial charge < -0.3 is 14.9 Å². The predicted octanol–water partition coefficient (Wildman–Crippen LogP) is 1.69. The minimum atomic E-state index is 0.177. The van der Waals surface area contributed by atoms with Crippen LogP contribution in [-0.2, 0) is 6.42 Å². The van der Waals surface area contributed by atoms with Crippen LogP contribution in [0.4, 0.5) is 0 Å². The normalized spacial score (nSPS) is 11.0. The molecule has 0 aliphatic carbocycles. The zero-order valence-electron chi connectivity index (χ0n) is 8.66. The molecule has 0 aliphatic heterocycles. The molecule has 4 heteroatoms. The molecule has 2 N–H and O–H groups in total. The van der Waals surface area contributed by atoms with Crippen molar-refractivity contribution in [1.29, 1.82) is 0 Å². The fourth-order valence-electron chi connectivity index (χ4n) is 1.61. The Balaban J connectivity index is 2.25. The average molecular weight is 206 g/mol. The molecule has 1 aromatic heterocycles. The number of hydrogen-bond donors (Lipinski definition) is 2. The van der Waals surface area contributed by atoms with Crippen LogP contribution >= 0.6 is 0 Å². The molecule has 1 aromatic carbocycles. The van der Waals surface area contributed by atoms with Gasteiger partial charge in [0.15, 0.2) is 5.52 Å². The molecule has 0 spiro atoms. The van der Waals surface area contributed by atoms with Gasteiger partial charge in [-0.15, -0.1) is 0 Å². The summed E-state index contributed by atoms with van der Waals surface area (Å²) < 4.78 is 5.20. The van der Waals surface area contributed by atoms with Gasteiger partial charge in [0.05, 0.1) is 0 Å². The van der Waals surface area contributed by atoms with Crippen LogP contribution in [0.25, 0.3) is 10.9 Å². The van der Waals surface area contributed by atoms with E-state index in [-0.39, 0.29) is 5.75 Å². The number of aryl methyl sites for hydroxylation is 1. The quantitative estimate of drug-likeness (QED) is 0.747. The molecule has 2 rings (SSSR count). The molecule has 0 atom stereocenters. The highest BCUT2D eigenvalue weighted by atomic mass is 16.5. The SMILES string of the molecule is CNCCCc1onc2c(O)cccc12. The lowest BCUT2D eigenvalue weighted by molar-refractivity contribution is 0.384. The highest BCUT2D eigenvalue weighted by Gasteiger charge is 2.10. The van der Waals surface area contributed by atoms with Crippen molar-refractivity contribution in [1.82, 2.24) is 10.5 Å². The van der Waals surface area contributed by atoms with E-state index in [1.165, 1.54) is 0 Å². The van der Waals surface area contributed by atoms with Gasteiger partial charge in [-0.05, 0) is 32.1 Å². The largest absolute Gasteiger partial charge is 0.506 e. The number of nitrogens with zero attached hydrogens (tertiary/aromatic N) is 1. The maximum absolute atomic E-state index is 9.52. The first-order chi connectivity index (χ1) is 7.33. The monoisotopic (exact) mass is 206 g/mol. The Morgan fingerprint density at radius 1 is 1.47 bits per heavy atom. The smallest absolute Gasteiger partial charge is 0.155 e. The molecule has 1 heterocycles. The molecule has 0 aliphatic rings. The topological polar surface area (TPSA) is 58.3 Å². The molecule has 0 saturated carbocycles. The Morgan fingerprint density at radius 3 is 3.13 bits per heavy atom. The molecule has 0 radical (unpaired) electrons. The molecule has 15 heavy (non-hydrogen) atoms. The Morgan fingerprint density at radius 2 is 2.33 bits per heavy atom. The number of fused-ring (bicyclic) bond motifs is 1. The van der Waals surface area contributed by atoms with Crippen molar-refractivity contribution in [2.24, 2.45) is 0 Å². The Kier molecular flexibility index (Phi) is 2.87. The van der Waals surface area contributed by atoms with Gasteiger partial charge in [0.25, 0.3) is 0 Å². The first kappa shape index (κ1) is 9.98. The second kappa shape index (κ2) is 4.31. The third kappa shape index (κ3) is 1.94. The van der Waals surface area contributed by atoms with Crippen molar-refractivity contribution < 1.29 is 9.63 Å². The van der Waals surface area contributed by atoms with E-state index >= 15 is 0 Å². The maximum atomic E-state index is 9.52. The van der Waals surface area contributed by atoms with Gasteiger partial charge in [0.2, 0.25) is 0 Å². The number of aromatic hydroxyl groups is 1. The summed E-state index contributed by atoms with van der Waals surface area (Å²) >= 11 is 0. The van der Waals surface area contributed by atoms with Crippen molar-refractivity contribution in [3.63, 3.8) is 0 Å². The van der Waals surface area contributed by atoms with E-state index in [1.807, 2.05) is 13.1 Å². The van der Waals surface area contributed by atoms with Gasteiger partial charge in [0.1, 0.15) is 11.5 Å². The minimum absolute atomic E-state index is 0.177. The number of hydrogen-bond acceptors (Lipinski definition) is 4. The zero-order valence-corrected chi connectivity index (χ0v) is 8.66. The predicted molar refractivity (Wildman–Crippen MR) is 57.9 cm³/mol. The van der Waals surface area contributed by atoms with Crippen LogP contribution in [0.15, 0.2) is 22.7 Å². The van der Waals surface area contributed by atoms with Crippen LogP contribution in [0.5, 0.6) is 5.75 Å². The summed E-state index contributed by atoms with van der Waals surface area (Å²) in [4.78, 5) is 0. The second-order valence-corrected chi connectivity index (χ2v) is 3.49. The summed E-state index contributed by atoms with van der Waals surface area (Å²) in [6.45, 7) is 0.945. The molecule has 2 aromatic rings. The van der Waals surface area contributed by atoms with E-state index in [0.717, 1.165) is 30.5 Å². The molecule has 4 nitrogen and oxygen atoms in total. The summed E-state index contributed by atoms with van der Waals surface area (Å²) in [5.74, 6) is 1.02. The number of phenolic OH excluding ortho intramolecular Hbond substituents is 1. The van der Waals surface area contributed by atoms with Gasteiger partial charge in [-0.2, -0.15) is 0 Å². The number of nitrogens with one attached hydrogen (secondary N) is 1. The number of rotatable bonds is 4. The molecular formula is C11H14N2O2.